The summed E-state index contributed by atoms with van der Waals surface area (Å²) in [5.74, 6) is 1.61. The van der Waals surface area contributed by atoms with Gasteiger partial charge in [-0.15, -0.1) is 10.2 Å². The second kappa shape index (κ2) is 15.0. The zero-order valence-corrected chi connectivity index (χ0v) is 29.0. The van der Waals surface area contributed by atoms with Crippen molar-refractivity contribution in [1.29, 1.82) is 5.26 Å². The van der Waals surface area contributed by atoms with Crippen molar-refractivity contribution in [3.8, 4) is 6.07 Å². The number of nitrogens with one attached hydrogen (secondary N) is 2. The number of aromatic nitrogens is 4. The number of rotatable bonds is 11. The largest absolute Gasteiger partial charge is 0.345 e. The second-order valence-electron chi connectivity index (χ2n) is 13.9. The molecule has 12 heteroatoms. The van der Waals surface area contributed by atoms with E-state index in [2.05, 4.69) is 77.1 Å². The number of hydrogen-bond acceptors (Lipinski definition) is 8. The van der Waals surface area contributed by atoms with E-state index in [0.717, 1.165) is 87.8 Å². The van der Waals surface area contributed by atoms with Gasteiger partial charge in [0.05, 0.1) is 18.0 Å². The van der Waals surface area contributed by atoms with E-state index in [1.807, 2.05) is 15.9 Å². The van der Waals surface area contributed by atoms with Crippen LogP contribution < -0.4 is 5.32 Å². The molecular weight excluding hydrogens is 618 g/mol. The minimum Gasteiger partial charge on any atom is -0.345 e. The monoisotopic (exact) mass is 667 g/mol. The van der Waals surface area contributed by atoms with Crippen LogP contribution in [0.2, 0.25) is 0 Å². The number of carbonyl (C=O) groups excluding carboxylic acids is 3. The maximum Gasteiger partial charge on any atom is 0.253 e. The first-order valence-electron chi connectivity index (χ1n) is 18.0. The molecule has 2 aromatic rings. The molecule has 4 unspecified atom stereocenters. The molecule has 2 N–H and O–H groups in total. The average Bonchev–Trinajstić information content (AvgIpc) is 3.41. The maximum absolute atomic E-state index is 13.3. The fraction of sp³-hybridized carbons (Fsp3) is 0.595. The van der Waals surface area contributed by atoms with E-state index in [-0.39, 0.29) is 30.4 Å². The fourth-order valence-corrected chi connectivity index (χ4v) is 8.26. The Labute approximate surface area is 289 Å². The number of nitriles is 1. The molecule has 7 rings (SSSR count). The molecule has 4 fully saturated rings. The Morgan fingerprint density at radius 3 is 2.55 bits per heavy atom. The van der Waals surface area contributed by atoms with Crippen LogP contribution in [-0.2, 0) is 21.4 Å². The van der Waals surface area contributed by atoms with Gasteiger partial charge >= 0.3 is 0 Å². The van der Waals surface area contributed by atoms with E-state index in [1.165, 1.54) is 17.6 Å². The molecule has 3 aliphatic heterocycles. The molecule has 49 heavy (non-hydrogen) atoms. The standard InChI is InChI=1S/C33H42N8O2.C4H7NO/c1-4-6-8-22-9-10-23-17-24(31(43)40-15-7-16-40)11-12-28(23)33(27(22)5-2,32-36-38-39-37-32)13-14-35-20-29(42)41-25(19-34)18-26-21(3)30(26)41;6-4-5-2-1-3-5/h6,8,11-12,17,21,25-26,30,35H,4-5,7,9-10,13-16,18,20H2,1-3H3,(H,36,37,38,39);4H,1-3H2/b8-6-;/t21-,25?,26?,30?,33?;/m0./s1. The molecule has 12 nitrogen and oxygen atoms in total. The summed E-state index contributed by atoms with van der Waals surface area (Å²) in [6.45, 7) is 10.8. The first-order valence-corrected chi connectivity index (χ1v) is 18.0. The van der Waals surface area contributed by atoms with Crippen molar-refractivity contribution in [1.82, 2.24) is 40.6 Å². The number of allylic oxidation sites excluding steroid dienone is 4. The van der Waals surface area contributed by atoms with Crippen LogP contribution in [0, 0.1) is 23.2 Å². The highest BCUT2D eigenvalue weighted by Gasteiger charge is 2.60. The topological polar surface area (TPSA) is 151 Å². The molecule has 0 bridgehead atoms. The molecule has 3 amide bonds. The molecule has 1 saturated carbocycles. The molecule has 0 radical (unpaired) electrons. The van der Waals surface area contributed by atoms with Crippen molar-refractivity contribution in [2.24, 2.45) is 11.8 Å². The van der Waals surface area contributed by atoms with Crippen molar-refractivity contribution in [2.45, 2.75) is 89.6 Å². The summed E-state index contributed by atoms with van der Waals surface area (Å²) in [5.41, 5.74) is 4.76. The van der Waals surface area contributed by atoms with E-state index in [0.29, 0.717) is 30.6 Å². The van der Waals surface area contributed by atoms with Crippen LogP contribution in [-0.4, -0.2) is 105 Å². The number of tetrazole rings is 1. The Morgan fingerprint density at radius 1 is 1.16 bits per heavy atom. The number of hydrogen-bond donors (Lipinski definition) is 2. The van der Waals surface area contributed by atoms with E-state index in [4.69, 9.17) is 0 Å². The van der Waals surface area contributed by atoms with Crippen LogP contribution in [0.15, 0.2) is 41.5 Å². The van der Waals surface area contributed by atoms with Gasteiger partial charge in [0.25, 0.3) is 5.91 Å². The lowest BCUT2D eigenvalue weighted by molar-refractivity contribution is -0.131. The Balaban J connectivity index is 0.000000628. The van der Waals surface area contributed by atoms with E-state index in [1.54, 1.807) is 4.90 Å². The lowest BCUT2D eigenvalue weighted by Gasteiger charge is -2.36. The van der Waals surface area contributed by atoms with Crippen molar-refractivity contribution >= 4 is 18.2 Å². The minimum atomic E-state index is -0.686. The summed E-state index contributed by atoms with van der Waals surface area (Å²) in [4.78, 5) is 41.7. The van der Waals surface area contributed by atoms with Crippen LogP contribution >= 0.6 is 0 Å². The van der Waals surface area contributed by atoms with Gasteiger partial charge in [-0.25, -0.2) is 0 Å². The number of aromatic amines is 1. The number of carbonyl (C=O) groups is 3. The van der Waals surface area contributed by atoms with Gasteiger partial charge in [-0.2, -0.15) is 10.5 Å². The summed E-state index contributed by atoms with van der Waals surface area (Å²) in [6.07, 6.45) is 12.4. The third-order valence-corrected chi connectivity index (χ3v) is 11.3. The van der Waals surface area contributed by atoms with Crippen molar-refractivity contribution in [2.75, 3.05) is 39.3 Å². The third kappa shape index (κ3) is 6.65. The Hall–Kier alpha value is -4.37. The number of aryl methyl sites for hydroxylation is 1. The lowest BCUT2D eigenvalue weighted by atomic mass is 9.68. The van der Waals surface area contributed by atoms with Gasteiger partial charge in [0.15, 0.2) is 5.82 Å². The third-order valence-electron chi connectivity index (χ3n) is 11.3. The van der Waals surface area contributed by atoms with Crippen LogP contribution in [0.5, 0.6) is 0 Å². The molecule has 5 aliphatic rings. The Bertz CT molecular complexity index is 1620. The summed E-state index contributed by atoms with van der Waals surface area (Å²) >= 11 is 0. The number of nitrogens with zero attached hydrogens (tertiary/aromatic N) is 7. The summed E-state index contributed by atoms with van der Waals surface area (Å²) < 4.78 is 0. The zero-order chi connectivity index (χ0) is 34.5. The van der Waals surface area contributed by atoms with Crippen LogP contribution in [0.3, 0.4) is 0 Å². The molecule has 1 aromatic heterocycles. The fourth-order valence-electron chi connectivity index (χ4n) is 8.26. The van der Waals surface area contributed by atoms with Gasteiger partial charge in [0.2, 0.25) is 12.3 Å². The summed E-state index contributed by atoms with van der Waals surface area (Å²) in [6, 6.07) is 8.34. The van der Waals surface area contributed by atoms with Gasteiger partial charge in [-0.1, -0.05) is 44.2 Å². The Morgan fingerprint density at radius 2 is 1.96 bits per heavy atom. The quantitative estimate of drug-likeness (QED) is 0.273. The summed E-state index contributed by atoms with van der Waals surface area (Å²) in [7, 11) is 0. The number of likely N-dealkylation sites (tertiary alicyclic amines) is 3. The smallest absolute Gasteiger partial charge is 0.253 e. The Kier molecular flexibility index (Phi) is 10.6. The highest BCUT2D eigenvalue weighted by molar-refractivity contribution is 5.95. The highest BCUT2D eigenvalue weighted by Crippen LogP contribution is 2.53. The zero-order valence-electron chi connectivity index (χ0n) is 29.0. The second-order valence-corrected chi connectivity index (χ2v) is 13.9. The molecule has 260 valence electrons. The van der Waals surface area contributed by atoms with Crippen molar-refractivity contribution in [3.05, 3.63) is 64.0 Å². The SMILES string of the molecule is CC/C=C\C1=C(CC)C(CCNCC(=O)N2C(C#N)CC3C2[C@H]3C)(c2nn[nH]n2)c2ccc(C(=O)N3CCC3)cc2CC1.O=CN1CCC1. The predicted molar refractivity (Wildman–Crippen MR) is 184 cm³/mol. The van der Waals surface area contributed by atoms with Crippen molar-refractivity contribution < 1.29 is 14.4 Å². The van der Waals surface area contributed by atoms with Crippen molar-refractivity contribution in [3.63, 3.8) is 0 Å². The average molecular weight is 668 g/mol. The molecule has 5 atom stereocenters. The van der Waals surface area contributed by atoms with E-state index < -0.39 is 5.41 Å². The lowest BCUT2D eigenvalue weighted by Crippen LogP contribution is -2.44. The molecule has 0 spiro atoms. The van der Waals surface area contributed by atoms with Gasteiger partial charge in [0, 0.05) is 37.8 Å². The van der Waals surface area contributed by atoms with E-state index in [9.17, 15) is 19.6 Å². The first kappa shape index (κ1) is 34.5. The van der Waals surface area contributed by atoms with Gasteiger partial charge in [0.1, 0.15) is 6.04 Å². The van der Waals surface area contributed by atoms with E-state index >= 15 is 0 Å². The summed E-state index contributed by atoms with van der Waals surface area (Å²) in [5, 5.41) is 28.9. The normalized spacial score (nSPS) is 26.9. The maximum atomic E-state index is 13.3. The minimum absolute atomic E-state index is 0.00903. The van der Waals surface area contributed by atoms with Crippen LogP contribution in [0.25, 0.3) is 0 Å². The van der Waals surface area contributed by atoms with Gasteiger partial charge in [-0.3, -0.25) is 14.4 Å². The van der Waals surface area contributed by atoms with Gasteiger partial charge < -0.3 is 20.0 Å². The molecule has 2 aliphatic carbocycles. The predicted octanol–water partition coefficient (Wildman–Crippen LogP) is 3.54. The number of benzene rings is 1. The molecule has 4 heterocycles. The molecule has 3 saturated heterocycles. The number of amides is 3. The molecular formula is C37H49N9O3. The molecule has 1 aromatic carbocycles. The van der Waals surface area contributed by atoms with Crippen LogP contribution in [0.1, 0.15) is 93.0 Å². The van der Waals surface area contributed by atoms with Crippen LogP contribution in [0.4, 0.5) is 0 Å². The van der Waals surface area contributed by atoms with Gasteiger partial charge in [-0.05, 0) is 104 Å². The number of fused-ring (bicyclic) bond motifs is 2. The first-order chi connectivity index (χ1) is 23.9. The number of H-pyrrole nitrogens is 1. The number of piperidine rings is 1. The highest BCUT2D eigenvalue weighted by atomic mass is 16.2.